The highest BCUT2D eigenvalue weighted by molar-refractivity contribution is 5.89. The second kappa shape index (κ2) is 5.69. The second-order valence-electron chi connectivity index (χ2n) is 5.15. The highest BCUT2D eigenvalue weighted by Crippen LogP contribution is 2.34. The minimum Gasteiger partial charge on any atom is -0.465 e. The van der Waals surface area contributed by atoms with Gasteiger partial charge in [0.2, 0.25) is 0 Å². The number of ether oxygens (including phenoxy) is 1. The Bertz CT molecular complexity index is 736. The number of hydrogen-bond donors (Lipinski definition) is 1. The summed E-state index contributed by atoms with van der Waals surface area (Å²) in [6.45, 7) is 0.737. The minimum absolute atomic E-state index is 0.143. The first kappa shape index (κ1) is 15.5. The monoisotopic (exact) mass is 325 g/mol. The molecule has 0 spiro atoms. The number of carbonyl (C=O) groups is 1. The summed E-state index contributed by atoms with van der Waals surface area (Å²) in [5, 5.41) is 6.70. The van der Waals surface area contributed by atoms with E-state index in [0.717, 1.165) is 0 Å². The maximum Gasteiger partial charge on any atom is 0.435 e. The van der Waals surface area contributed by atoms with Gasteiger partial charge in [-0.3, -0.25) is 0 Å². The van der Waals surface area contributed by atoms with Crippen LogP contribution in [-0.2, 0) is 23.9 Å². The predicted octanol–water partition coefficient (Wildman–Crippen LogP) is 2.32. The summed E-state index contributed by atoms with van der Waals surface area (Å²) >= 11 is 0. The summed E-state index contributed by atoms with van der Waals surface area (Å²) in [7, 11) is 1.27. The summed E-state index contributed by atoms with van der Waals surface area (Å²) in [4.78, 5) is 11.4. The number of alkyl halides is 3. The molecule has 1 N–H and O–H groups in total. The van der Waals surface area contributed by atoms with Gasteiger partial charge in [-0.2, -0.15) is 18.3 Å². The zero-order valence-corrected chi connectivity index (χ0v) is 12.3. The van der Waals surface area contributed by atoms with E-state index in [1.54, 1.807) is 12.1 Å². The Labute approximate surface area is 130 Å². The summed E-state index contributed by atoms with van der Waals surface area (Å²) in [6, 6.07) is 6.12. The zero-order chi connectivity index (χ0) is 16.6. The van der Waals surface area contributed by atoms with Crippen LogP contribution in [0.15, 0.2) is 24.3 Å². The Morgan fingerprint density at radius 3 is 2.61 bits per heavy atom. The fraction of sp³-hybridized carbons (Fsp3) is 0.333. The molecule has 1 aromatic carbocycles. The molecule has 122 valence electrons. The molecule has 3 rings (SSSR count). The number of nitrogens with one attached hydrogen (secondary N) is 1. The molecule has 0 unspecified atom stereocenters. The van der Waals surface area contributed by atoms with E-state index in [1.807, 2.05) is 0 Å². The molecule has 1 aliphatic heterocycles. The lowest BCUT2D eigenvalue weighted by Gasteiger charge is -2.16. The van der Waals surface area contributed by atoms with Crippen molar-refractivity contribution < 1.29 is 22.7 Å². The van der Waals surface area contributed by atoms with Gasteiger partial charge >= 0.3 is 12.1 Å². The topological polar surface area (TPSA) is 56.2 Å². The van der Waals surface area contributed by atoms with Crippen LogP contribution in [-0.4, -0.2) is 29.4 Å². The van der Waals surface area contributed by atoms with Crippen molar-refractivity contribution in [1.82, 2.24) is 15.1 Å². The van der Waals surface area contributed by atoms with Gasteiger partial charge in [-0.1, -0.05) is 0 Å². The van der Waals surface area contributed by atoms with Gasteiger partial charge in [-0.15, -0.1) is 0 Å². The lowest BCUT2D eigenvalue weighted by molar-refractivity contribution is -0.142. The van der Waals surface area contributed by atoms with E-state index in [0.29, 0.717) is 29.9 Å². The lowest BCUT2D eigenvalue weighted by Crippen LogP contribution is -2.25. The zero-order valence-electron chi connectivity index (χ0n) is 12.3. The Morgan fingerprint density at radius 2 is 2.00 bits per heavy atom. The van der Waals surface area contributed by atoms with Gasteiger partial charge < -0.3 is 10.1 Å². The minimum atomic E-state index is -4.50. The maximum atomic E-state index is 13.2. The van der Waals surface area contributed by atoms with Crippen molar-refractivity contribution in [3.63, 3.8) is 0 Å². The van der Waals surface area contributed by atoms with Crippen molar-refractivity contribution in [3.8, 4) is 5.69 Å². The van der Waals surface area contributed by atoms with E-state index in [2.05, 4.69) is 15.2 Å². The highest BCUT2D eigenvalue weighted by atomic mass is 19.4. The van der Waals surface area contributed by atoms with E-state index in [4.69, 9.17) is 0 Å². The summed E-state index contributed by atoms with van der Waals surface area (Å²) in [5.41, 5.74) is 0.667. The molecule has 0 bridgehead atoms. The van der Waals surface area contributed by atoms with Crippen LogP contribution in [0.5, 0.6) is 0 Å². The molecule has 2 aromatic rings. The fourth-order valence-corrected chi connectivity index (χ4v) is 2.65. The van der Waals surface area contributed by atoms with Gasteiger partial charge in [0.25, 0.3) is 0 Å². The van der Waals surface area contributed by atoms with E-state index in [1.165, 1.54) is 23.9 Å². The van der Waals surface area contributed by atoms with Gasteiger partial charge in [-0.05, 0) is 24.3 Å². The van der Waals surface area contributed by atoms with Crippen molar-refractivity contribution in [2.45, 2.75) is 19.1 Å². The number of methoxy groups -OCH3 is 1. The van der Waals surface area contributed by atoms with E-state index in [9.17, 15) is 18.0 Å². The third kappa shape index (κ3) is 2.81. The van der Waals surface area contributed by atoms with Crippen LogP contribution in [0.4, 0.5) is 13.2 Å². The molecule has 0 saturated carbocycles. The molecule has 0 saturated heterocycles. The Morgan fingerprint density at radius 1 is 1.30 bits per heavy atom. The average Bonchev–Trinajstić information content (AvgIpc) is 2.94. The smallest absolute Gasteiger partial charge is 0.435 e. The van der Waals surface area contributed by atoms with Crippen LogP contribution in [0.2, 0.25) is 0 Å². The molecule has 8 heteroatoms. The molecule has 1 aromatic heterocycles. The first-order valence-electron chi connectivity index (χ1n) is 6.99. The van der Waals surface area contributed by atoms with Crippen LogP contribution in [0, 0.1) is 0 Å². The average molecular weight is 325 g/mol. The van der Waals surface area contributed by atoms with Crippen LogP contribution >= 0.6 is 0 Å². The normalized spacial score (nSPS) is 14.4. The Kier molecular flexibility index (Phi) is 3.85. The number of halogens is 3. The van der Waals surface area contributed by atoms with Crippen LogP contribution in [0.3, 0.4) is 0 Å². The Balaban J connectivity index is 2.06. The molecule has 0 atom stereocenters. The quantitative estimate of drug-likeness (QED) is 0.861. The van der Waals surface area contributed by atoms with E-state index < -0.39 is 17.8 Å². The number of benzene rings is 1. The molecule has 0 aliphatic carbocycles. The van der Waals surface area contributed by atoms with Gasteiger partial charge in [0.15, 0.2) is 5.69 Å². The van der Waals surface area contributed by atoms with Crippen molar-refractivity contribution in [3.05, 3.63) is 46.8 Å². The first-order chi connectivity index (χ1) is 10.9. The van der Waals surface area contributed by atoms with Gasteiger partial charge in [0, 0.05) is 25.1 Å². The van der Waals surface area contributed by atoms with Crippen molar-refractivity contribution in [2.24, 2.45) is 0 Å². The van der Waals surface area contributed by atoms with Gasteiger partial charge in [0.05, 0.1) is 24.1 Å². The SMILES string of the molecule is COC(=O)c1ccc(-n2nc(C(F)(F)F)c3c2CCNC3)cc1. The Hall–Kier alpha value is -2.35. The summed E-state index contributed by atoms with van der Waals surface area (Å²) < 4.78 is 45.4. The number of hydrogen-bond acceptors (Lipinski definition) is 4. The van der Waals surface area contributed by atoms with Crippen LogP contribution < -0.4 is 5.32 Å². The van der Waals surface area contributed by atoms with Crippen molar-refractivity contribution >= 4 is 5.97 Å². The molecule has 5 nitrogen and oxygen atoms in total. The van der Waals surface area contributed by atoms with E-state index >= 15 is 0 Å². The third-order valence-corrected chi connectivity index (χ3v) is 3.73. The highest BCUT2D eigenvalue weighted by Gasteiger charge is 2.39. The molecule has 0 fully saturated rings. The first-order valence-corrected chi connectivity index (χ1v) is 6.99. The number of esters is 1. The maximum absolute atomic E-state index is 13.2. The van der Waals surface area contributed by atoms with Crippen LogP contribution in [0.25, 0.3) is 5.69 Å². The molecular formula is C15H14F3N3O2. The molecule has 1 aliphatic rings. The standard InChI is InChI=1S/C15H14F3N3O2/c1-23-14(22)9-2-4-10(5-3-9)21-12-6-7-19-8-11(12)13(20-21)15(16,17)18/h2-5,19H,6-8H2,1H3. The lowest BCUT2D eigenvalue weighted by atomic mass is 10.1. The molecular weight excluding hydrogens is 311 g/mol. The third-order valence-electron chi connectivity index (χ3n) is 3.73. The van der Waals surface area contributed by atoms with E-state index in [-0.39, 0.29) is 12.1 Å². The number of aromatic nitrogens is 2. The largest absolute Gasteiger partial charge is 0.465 e. The molecule has 23 heavy (non-hydrogen) atoms. The van der Waals surface area contributed by atoms with Crippen molar-refractivity contribution in [2.75, 3.05) is 13.7 Å². The molecule has 0 amide bonds. The predicted molar refractivity (Wildman–Crippen MR) is 75.3 cm³/mol. The van der Waals surface area contributed by atoms with Crippen molar-refractivity contribution in [1.29, 1.82) is 0 Å². The van der Waals surface area contributed by atoms with Gasteiger partial charge in [0.1, 0.15) is 0 Å². The second-order valence-corrected chi connectivity index (χ2v) is 5.15. The molecule has 0 radical (unpaired) electrons. The van der Waals surface area contributed by atoms with Crippen LogP contribution in [0.1, 0.15) is 27.3 Å². The number of rotatable bonds is 2. The number of nitrogens with zero attached hydrogens (tertiary/aromatic N) is 2. The van der Waals surface area contributed by atoms with Gasteiger partial charge in [-0.25, -0.2) is 9.48 Å². The fourth-order valence-electron chi connectivity index (χ4n) is 2.65. The summed E-state index contributed by atoms with van der Waals surface area (Å²) in [6.07, 6.45) is -4.04. The molecule has 2 heterocycles. The number of fused-ring (bicyclic) bond motifs is 1. The number of carbonyl (C=O) groups excluding carboxylic acids is 1. The summed E-state index contributed by atoms with van der Waals surface area (Å²) in [5.74, 6) is -0.501.